The standard InChI is InChI=1S/C29H35Cl2NO2/c1-4-15-29(3)18-25(21-7-6-8-23(31)16-21)27(20-11-13-22(30)14-12-20)32(28(29)34)24(5-2)17-26(33)19-9-10-19/h4,6-8,11-14,16,19,24-27,33H,1,5,9-10,15,17-18H2,2-3H3/t24?,25-,26+,27-,29+/m1/s1. The molecule has 5 atom stereocenters. The summed E-state index contributed by atoms with van der Waals surface area (Å²) in [6, 6.07) is 15.6. The van der Waals surface area contributed by atoms with Crippen molar-refractivity contribution in [3.05, 3.63) is 82.4 Å². The topological polar surface area (TPSA) is 40.5 Å². The van der Waals surface area contributed by atoms with Gasteiger partial charge in [-0.05, 0) is 79.8 Å². The molecule has 1 aliphatic carbocycles. The number of allylic oxidation sites excluding steroid dienone is 1. The molecule has 1 saturated heterocycles. The number of piperidine rings is 1. The third kappa shape index (κ3) is 5.22. The molecule has 0 aromatic heterocycles. The summed E-state index contributed by atoms with van der Waals surface area (Å²) in [5, 5.41) is 12.2. The summed E-state index contributed by atoms with van der Waals surface area (Å²) < 4.78 is 0. The van der Waals surface area contributed by atoms with Crippen molar-refractivity contribution >= 4 is 29.1 Å². The first-order chi connectivity index (χ1) is 16.3. The minimum Gasteiger partial charge on any atom is -0.393 e. The Morgan fingerprint density at radius 1 is 1.15 bits per heavy atom. The van der Waals surface area contributed by atoms with Crippen LogP contribution in [0.5, 0.6) is 0 Å². The Balaban J connectivity index is 1.85. The summed E-state index contributed by atoms with van der Waals surface area (Å²) >= 11 is 12.7. The molecule has 1 N–H and O–H groups in total. The van der Waals surface area contributed by atoms with Crippen molar-refractivity contribution in [2.24, 2.45) is 11.3 Å². The van der Waals surface area contributed by atoms with E-state index < -0.39 is 5.41 Å². The van der Waals surface area contributed by atoms with Crippen molar-refractivity contribution in [1.29, 1.82) is 0 Å². The molecule has 0 spiro atoms. The van der Waals surface area contributed by atoms with Crippen molar-refractivity contribution in [2.75, 3.05) is 0 Å². The predicted octanol–water partition coefficient (Wildman–Crippen LogP) is 7.57. The van der Waals surface area contributed by atoms with Crippen LogP contribution in [0.3, 0.4) is 0 Å². The molecule has 182 valence electrons. The van der Waals surface area contributed by atoms with Crippen molar-refractivity contribution in [1.82, 2.24) is 4.90 Å². The van der Waals surface area contributed by atoms with Crippen LogP contribution in [0.15, 0.2) is 61.2 Å². The average molecular weight is 501 g/mol. The minimum absolute atomic E-state index is 0.0506. The first-order valence-corrected chi connectivity index (χ1v) is 13.2. The van der Waals surface area contributed by atoms with Crippen LogP contribution in [0.1, 0.15) is 75.5 Å². The molecule has 3 nitrogen and oxygen atoms in total. The first-order valence-electron chi connectivity index (χ1n) is 12.4. The third-order valence-corrected chi connectivity index (χ3v) is 8.22. The van der Waals surface area contributed by atoms with Gasteiger partial charge in [-0.1, -0.05) is 67.4 Å². The van der Waals surface area contributed by atoms with E-state index in [4.69, 9.17) is 23.2 Å². The summed E-state index contributed by atoms with van der Waals surface area (Å²) in [4.78, 5) is 16.3. The Kier molecular flexibility index (Phi) is 7.76. The van der Waals surface area contributed by atoms with E-state index in [1.54, 1.807) is 0 Å². The van der Waals surface area contributed by atoms with Gasteiger partial charge in [0.25, 0.3) is 0 Å². The molecule has 2 aromatic rings. The van der Waals surface area contributed by atoms with Crippen molar-refractivity contribution in [3.63, 3.8) is 0 Å². The van der Waals surface area contributed by atoms with Crippen LogP contribution in [0.25, 0.3) is 0 Å². The number of benzene rings is 2. The second-order valence-electron chi connectivity index (χ2n) is 10.3. The zero-order valence-electron chi connectivity index (χ0n) is 20.1. The van der Waals surface area contributed by atoms with Crippen LogP contribution in [0.4, 0.5) is 0 Å². The van der Waals surface area contributed by atoms with Gasteiger partial charge in [0, 0.05) is 22.0 Å². The summed E-state index contributed by atoms with van der Waals surface area (Å²) in [6.07, 6.45) is 6.32. The first kappa shape index (κ1) is 25.3. The van der Waals surface area contributed by atoms with Crippen LogP contribution in [0.2, 0.25) is 10.0 Å². The van der Waals surface area contributed by atoms with Gasteiger partial charge in [-0.3, -0.25) is 4.79 Å². The maximum Gasteiger partial charge on any atom is 0.229 e. The zero-order chi connectivity index (χ0) is 24.5. The lowest BCUT2D eigenvalue weighted by atomic mass is 9.67. The number of carbonyl (C=O) groups is 1. The monoisotopic (exact) mass is 499 g/mol. The van der Waals surface area contributed by atoms with Gasteiger partial charge in [0.1, 0.15) is 0 Å². The molecule has 1 aliphatic heterocycles. The molecule has 4 rings (SSSR count). The highest BCUT2D eigenvalue weighted by molar-refractivity contribution is 6.30. The van der Waals surface area contributed by atoms with Crippen LogP contribution in [-0.2, 0) is 4.79 Å². The summed E-state index contributed by atoms with van der Waals surface area (Å²) in [6.45, 7) is 8.13. The average Bonchev–Trinajstić information content (AvgIpc) is 3.66. The Bertz CT molecular complexity index is 1020. The van der Waals surface area contributed by atoms with Gasteiger partial charge in [0.05, 0.1) is 17.6 Å². The number of amides is 1. The van der Waals surface area contributed by atoms with Gasteiger partial charge < -0.3 is 10.0 Å². The largest absolute Gasteiger partial charge is 0.393 e. The molecular weight excluding hydrogens is 465 g/mol. The second-order valence-corrected chi connectivity index (χ2v) is 11.2. The number of aliphatic hydroxyl groups is 1. The van der Waals surface area contributed by atoms with Gasteiger partial charge in [0.2, 0.25) is 5.91 Å². The van der Waals surface area contributed by atoms with E-state index in [1.807, 2.05) is 48.5 Å². The van der Waals surface area contributed by atoms with Gasteiger partial charge >= 0.3 is 0 Å². The van der Waals surface area contributed by atoms with Crippen molar-refractivity contribution in [3.8, 4) is 0 Å². The molecular formula is C29H35Cl2NO2. The smallest absolute Gasteiger partial charge is 0.229 e. The minimum atomic E-state index is -0.574. The number of likely N-dealkylation sites (tertiary alicyclic amines) is 1. The number of hydrogen-bond acceptors (Lipinski definition) is 2. The van der Waals surface area contributed by atoms with Gasteiger partial charge in [-0.25, -0.2) is 0 Å². The highest BCUT2D eigenvalue weighted by Gasteiger charge is 2.51. The number of hydrogen-bond donors (Lipinski definition) is 1. The van der Waals surface area contributed by atoms with E-state index >= 15 is 0 Å². The van der Waals surface area contributed by atoms with E-state index in [0.29, 0.717) is 35.2 Å². The van der Waals surface area contributed by atoms with Crippen LogP contribution in [-0.4, -0.2) is 28.1 Å². The number of aliphatic hydroxyl groups excluding tert-OH is 1. The molecule has 2 aromatic carbocycles. The lowest BCUT2D eigenvalue weighted by molar-refractivity contribution is -0.155. The molecule has 34 heavy (non-hydrogen) atoms. The van der Waals surface area contributed by atoms with Crippen molar-refractivity contribution in [2.45, 2.75) is 76.5 Å². The number of carbonyl (C=O) groups excluding carboxylic acids is 1. The molecule has 0 radical (unpaired) electrons. The van der Waals surface area contributed by atoms with E-state index in [0.717, 1.165) is 30.4 Å². The highest BCUT2D eigenvalue weighted by atomic mass is 35.5. The number of nitrogens with zero attached hydrogens (tertiary/aromatic N) is 1. The van der Waals surface area contributed by atoms with E-state index in [9.17, 15) is 9.90 Å². The number of rotatable bonds is 9. The molecule has 1 unspecified atom stereocenters. The fourth-order valence-corrected chi connectivity index (χ4v) is 6.04. The lowest BCUT2D eigenvalue weighted by Crippen LogP contribution is -2.56. The van der Waals surface area contributed by atoms with Crippen molar-refractivity contribution < 1.29 is 9.90 Å². The Labute approximate surface area is 213 Å². The van der Waals surface area contributed by atoms with Crippen LogP contribution in [0, 0.1) is 11.3 Å². The van der Waals surface area contributed by atoms with Crippen LogP contribution >= 0.6 is 23.2 Å². The maximum atomic E-state index is 14.2. The van der Waals surface area contributed by atoms with Gasteiger partial charge in [-0.15, -0.1) is 6.58 Å². The van der Waals surface area contributed by atoms with Gasteiger partial charge in [0.15, 0.2) is 0 Å². The summed E-state index contributed by atoms with van der Waals surface area (Å²) in [5.41, 5.74) is 1.61. The zero-order valence-corrected chi connectivity index (χ0v) is 21.6. The molecule has 5 heteroatoms. The summed E-state index contributed by atoms with van der Waals surface area (Å²) in [7, 11) is 0. The summed E-state index contributed by atoms with van der Waals surface area (Å²) in [5.74, 6) is 0.557. The number of halogens is 2. The van der Waals surface area contributed by atoms with E-state index in [1.165, 1.54) is 0 Å². The second kappa shape index (κ2) is 10.4. The van der Waals surface area contributed by atoms with E-state index in [2.05, 4.69) is 31.4 Å². The quantitative estimate of drug-likeness (QED) is 0.361. The molecule has 1 heterocycles. The van der Waals surface area contributed by atoms with E-state index in [-0.39, 0.29) is 30.0 Å². The Hall–Kier alpha value is -1.81. The fourth-order valence-electron chi connectivity index (χ4n) is 5.72. The third-order valence-electron chi connectivity index (χ3n) is 7.73. The molecule has 2 fully saturated rings. The SMILES string of the molecule is C=CC[C@@]1(C)C[C@H](c2cccc(Cl)c2)[C@@H](c2ccc(Cl)cc2)N(C(CC)C[C@H](O)C2CC2)C1=O. The Morgan fingerprint density at radius 2 is 1.85 bits per heavy atom. The molecule has 0 bridgehead atoms. The predicted molar refractivity (Wildman–Crippen MR) is 140 cm³/mol. The maximum absolute atomic E-state index is 14.2. The fraction of sp³-hybridized carbons (Fsp3) is 0.483. The Morgan fingerprint density at radius 3 is 2.44 bits per heavy atom. The van der Waals surface area contributed by atoms with Crippen LogP contribution < -0.4 is 0 Å². The molecule has 2 aliphatic rings. The molecule has 1 saturated carbocycles. The highest BCUT2D eigenvalue weighted by Crippen LogP contribution is 2.53. The lowest BCUT2D eigenvalue weighted by Gasteiger charge is -2.52. The van der Waals surface area contributed by atoms with Gasteiger partial charge in [-0.2, -0.15) is 0 Å². The normalized spacial score (nSPS) is 26.9. The molecule has 1 amide bonds.